The van der Waals surface area contributed by atoms with Crippen molar-refractivity contribution in [3.63, 3.8) is 0 Å². The Kier molecular flexibility index (Phi) is 4.35. The fraction of sp³-hybridized carbons (Fsp3) is 0.154. The van der Waals surface area contributed by atoms with E-state index in [2.05, 4.69) is 0 Å². The number of esters is 1. The molecule has 0 fully saturated rings. The Labute approximate surface area is 106 Å². The molecular formula is C13H14ClNO2. The second-order valence-corrected chi connectivity index (χ2v) is 3.47. The lowest BCUT2D eigenvalue weighted by atomic mass is 10.0. The highest BCUT2D eigenvalue weighted by Crippen LogP contribution is 2.24. The van der Waals surface area contributed by atoms with Crippen LogP contribution in [0.4, 0.5) is 5.69 Å². The molecule has 2 N–H and O–H groups in total. The van der Waals surface area contributed by atoms with E-state index in [0.717, 1.165) is 10.8 Å². The molecule has 0 saturated heterocycles. The fourth-order valence-electron chi connectivity index (χ4n) is 1.72. The summed E-state index contributed by atoms with van der Waals surface area (Å²) >= 11 is 0. The molecule has 0 atom stereocenters. The van der Waals surface area contributed by atoms with Gasteiger partial charge in [0.05, 0.1) is 12.2 Å². The number of ether oxygens (including phenoxy) is 1. The molecule has 0 bridgehead atoms. The number of nitrogens with two attached hydrogens (primary N) is 1. The zero-order valence-corrected chi connectivity index (χ0v) is 10.3. The van der Waals surface area contributed by atoms with Crippen molar-refractivity contribution < 1.29 is 9.53 Å². The van der Waals surface area contributed by atoms with E-state index in [0.29, 0.717) is 17.9 Å². The van der Waals surface area contributed by atoms with Crippen LogP contribution in [0, 0.1) is 0 Å². The van der Waals surface area contributed by atoms with Gasteiger partial charge in [0.2, 0.25) is 0 Å². The van der Waals surface area contributed by atoms with E-state index in [1.54, 1.807) is 13.0 Å². The molecule has 2 rings (SSSR count). The minimum atomic E-state index is -0.307. The van der Waals surface area contributed by atoms with Crippen molar-refractivity contribution in [3.8, 4) is 0 Å². The molecule has 2 aromatic rings. The second-order valence-electron chi connectivity index (χ2n) is 3.47. The van der Waals surface area contributed by atoms with Crippen LogP contribution in [0.5, 0.6) is 0 Å². The van der Waals surface area contributed by atoms with Gasteiger partial charge >= 0.3 is 5.97 Å². The summed E-state index contributed by atoms with van der Waals surface area (Å²) < 4.78 is 5.00. The molecule has 0 aliphatic heterocycles. The summed E-state index contributed by atoms with van der Waals surface area (Å²) in [6.45, 7) is 2.16. The van der Waals surface area contributed by atoms with E-state index in [1.165, 1.54) is 0 Å². The number of carbonyl (C=O) groups is 1. The van der Waals surface area contributed by atoms with Gasteiger partial charge in [-0.15, -0.1) is 12.4 Å². The first-order valence-corrected chi connectivity index (χ1v) is 5.18. The van der Waals surface area contributed by atoms with Gasteiger partial charge in [0.15, 0.2) is 0 Å². The van der Waals surface area contributed by atoms with Crippen LogP contribution in [-0.2, 0) is 4.74 Å². The monoisotopic (exact) mass is 251 g/mol. The number of rotatable bonds is 2. The van der Waals surface area contributed by atoms with Gasteiger partial charge in [-0.25, -0.2) is 4.79 Å². The van der Waals surface area contributed by atoms with Crippen molar-refractivity contribution in [1.82, 2.24) is 0 Å². The molecule has 0 unspecified atom stereocenters. The first-order valence-electron chi connectivity index (χ1n) is 5.18. The number of fused-ring (bicyclic) bond motifs is 1. The van der Waals surface area contributed by atoms with Gasteiger partial charge in [0.25, 0.3) is 0 Å². The van der Waals surface area contributed by atoms with E-state index in [-0.39, 0.29) is 18.4 Å². The first kappa shape index (κ1) is 13.3. The van der Waals surface area contributed by atoms with Crippen LogP contribution in [0.15, 0.2) is 36.4 Å². The SMILES string of the molecule is CCOC(=O)c1cccc2c(N)cccc12.Cl. The van der Waals surface area contributed by atoms with Crippen LogP contribution in [0.2, 0.25) is 0 Å². The molecule has 0 heterocycles. The Balaban J connectivity index is 0.00000144. The minimum absolute atomic E-state index is 0. The molecule has 0 aromatic heterocycles. The summed E-state index contributed by atoms with van der Waals surface area (Å²) in [5.41, 5.74) is 7.08. The summed E-state index contributed by atoms with van der Waals surface area (Å²) in [4.78, 5) is 11.7. The van der Waals surface area contributed by atoms with Crippen molar-refractivity contribution in [2.75, 3.05) is 12.3 Å². The fourth-order valence-corrected chi connectivity index (χ4v) is 1.72. The van der Waals surface area contributed by atoms with Crippen LogP contribution in [0.25, 0.3) is 10.8 Å². The number of carbonyl (C=O) groups excluding carboxylic acids is 1. The molecule has 4 heteroatoms. The lowest BCUT2D eigenvalue weighted by Gasteiger charge is -2.07. The third-order valence-electron chi connectivity index (χ3n) is 2.45. The Bertz CT molecular complexity index is 540. The van der Waals surface area contributed by atoms with Crippen molar-refractivity contribution >= 4 is 34.8 Å². The van der Waals surface area contributed by atoms with Crippen molar-refractivity contribution in [1.29, 1.82) is 0 Å². The summed E-state index contributed by atoms with van der Waals surface area (Å²) in [7, 11) is 0. The Morgan fingerprint density at radius 1 is 1.18 bits per heavy atom. The highest BCUT2D eigenvalue weighted by molar-refractivity contribution is 6.07. The highest BCUT2D eigenvalue weighted by Gasteiger charge is 2.10. The summed E-state index contributed by atoms with van der Waals surface area (Å²) in [6, 6.07) is 11.0. The number of hydrogen-bond acceptors (Lipinski definition) is 3. The lowest BCUT2D eigenvalue weighted by molar-refractivity contribution is 0.0528. The molecule has 90 valence electrons. The summed E-state index contributed by atoms with van der Waals surface area (Å²) in [5, 5.41) is 1.72. The predicted molar refractivity (Wildman–Crippen MR) is 71.6 cm³/mol. The van der Waals surface area contributed by atoms with Gasteiger partial charge in [-0.05, 0) is 24.4 Å². The molecule has 3 nitrogen and oxygen atoms in total. The molecule has 0 saturated carbocycles. The maximum absolute atomic E-state index is 11.7. The summed E-state index contributed by atoms with van der Waals surface area (Å²) in [6.07, 6.45) is 0. The molecule has 17 heavy (non-hydrogen) atoms. The minimum Gasteiger partial charge on any atom is -0.462 e. The topological polar surface area (TPSA) is 52.3 Å². The molecular weight excluding hydrogens is 238 g/mol. The molecule has 0 aliphatic rings. The van der Waals surface area contributed by atoms with E-state index in [4.69, 9.17) is 10.5 Å². The molecule has 0 amide bonds. The Morgan fingerprint density at radius 2 is 1.82 bits per heavy atom. The third-order valence-corrected chi connectivity index (χ3v) is 2.45. The average Bonchev–Trinajstić information content (AvgIpc) is 2.29. The van der Waals surface area contributed by atoms with E-state index in [9.17, 15) is 4.79 Å². The van der Waals surface area contributed by atoms with Gasteiger partial charge < -0.3 is 10.5 Å². The zero-order chi connectivity index (χ0) is 11.5. The van der Waals surface area contributed by atoms with Crippen molar-refractivity contribution in [3.05, 3.63) is 42.0 Å². The molecule has 2 aromatic carbocycles. The van der Waals surface area contributed by atoms with Crippen molar-refractivity contribution in [2.24, 2.45) is 0 Å². The van der Waals surface area contributed by atoms with Gasteiger partial charge in [0.1, 0.15) is 0 Å². The van der Waals surface area contributed by atoms with Gasteiger partial charge in [-0.2, -0.15) is 0 Å². The number of nitrogen functional groups attached to an aromatic ring is 1. The van der Waals surface area contributed by atoms with Crippen LogP contribution < -0.4 is 5.73 Å². The van der Waals surface area contributed by atoms with Crippen LogP contribution in [0.1, 0.15) is 17.3 Å². The van der Waals surface area contributed by atoms with Gasteiger partial charge in [-0.1, -0.05) is 24.3 Å². The highest BCUT2D eigenvalue weighted by atomic mass is 35.5. The quantitative estimate of drug-likeness (QED) is 0.659. The smallest absolute Gasteiger partial charge is 0.338 e. The number of benzene rings is 2. The van der Waals surface area contributed by atoms with Gasteiger partial charge in [0, 0.05) is 11.1 Å². The maximum atomic E-state index is 11.7. The first-order chi connectivity index (χ1) is 7.74. The zero-order valence-electron chi connectivity index (χ0n) is 9.47. The van der Waals surface area contributed by atoms with Crippen LogP contribution in [0.3, 0.4) is 0 Å². The number of hydrogen-bond donors (Lipinski definition) is 1. The molecule has 0 radical (unpaired) electrons. The largest absolute Gasteiger partial charge is 0.462 e. The predicted octanol–water partition coefficient (Wildman–Crippen LogP) is 3.02. The van der Waals surface area contributed by atoms with E-state index < -0.39 is 0 Å². The maximum Gasteiger partial charge on any atom is 0.338 e. The second kappa shape index (κ2) is 5.55. The third kappa shape index (κ3) is 2.50. The van der Waals surface area contributed by atoms with Gasteiger partial charge in [-0.3, -0.25) is 0 Å². The van der Waals surface area contributed by atoms with E-state index >= 15 is 0 Å². The van der Waals surface area contributed by atoms with Crippen molar-refractivity contribution in [2.45, 2.75) is 6.92 Å². The molecule has 0 aliphatic carbocycles. The Morgan fingerprint density at radius 3 is 2.53 bits per heavy atom. The standard InChI is InChI=1S/C13H13NO2.ClH/c1-2-16-13(15)11-7-3-6-10-9(11)5-4-8-12(10)14;/h3-8H,2,14H2,1H3;1H. The normalized spacial score (nSPS) is 9.71. The molecule has 0 spiro atoms. The van der Waals surface area contributed by atoms with E-state index in [1.807, 2.05) is 30.3 Å². The van der Waals surface area contributed by atoms with Crippen LogP contribution in [-0.4, -0.2) is 12.6 Å². The Hall–Kier alpha value is -1.74. The number of anilines is 1. The van der Waals surface area contributed by atoms with Crippen LogP contribution >= 0.6 is 12.4 Å². The lowest BCUT2D eigenvalue weighted by Crippen LogP contribution is -2.05. The average molecular weight is 252 g/mol. The summed E-state index contributed by atoms with van der Waals surface area (Å²) in [5.74, 6) is -0.307. The number of halogens is 1.